The van der Waals surface area contributed by atoms with Gasteiger partial charge in [-0.05, 0) is 75.5 Å². The molecule has 2 heterocycles. The van der Waals surface area contributed by atoms with Crippen molar-refractivity contribution >= 4 is 43.9 Å². The Labute approximate surface area is 331 Å². The zero-order chi connectivity index (χ0) is 38.1. The molecule has 0 fully saturated rings. The summed E-state index contributed by atoms with van der Waals surface area (Å²) in [5, 5.41) is 13.7. The van der Waals surface area contributed by atoms with Gasteiger partial charge in [0.15, 0.2) is 5.82 Å². The van der Waals surface area contributed by atoms with Crippen molar-refractivity contribution in [2.24, 2.45) is 0 Å². The van der Waals surface area contributed by atoms with Crippen molar-refractivity contribution < 1.29 is 0 Å². The van der Waals surface area contributed by atoms with Crippen molar-refractivity contribution in [3.8, 4) is 39.6 Å². The fourth-order valence-corrected chi connectivity index (χ4v) is 7.91. The molecule has 0 radical (unpaired) electrons. The molecule has 0 unspecified atom stereocenters. The van der Waals surface area contributed by atoms with E-state index in [0.717, 1.165) is 66.8 Å². The van der Waals surface area contributed by atoms with E-state index in [1.54, 1.807) is 0 Å². The van der Waals surface area contributed by atoms with E-state index in [0.29, 0.717) is 11.5 Å². The fourth-order valence-electron chi connectivity index (χ4n) is 7.91. The van der Waals surface area contributed by atoms with Gasteiger partial charge < -0.3 is 9.98 Å². The van der Waals surface area contributed by atoms with Crippen LogP contribution in [0.1, 0.15) is 16.7 Å². The predicted octanol–water partition coefficient (Wildman–Crippen LogP) is 13.2. The number of aromatic nitrogens is 3. The predicted molar refractivity (Wildman–Crippen MR) is 237 cm³/mol. The number of allylic oxidation sites excluding steroid dienone is 1. The number of fused-ring (bicyclic) bond motifs is 4. The van der Waals surface area contributed by atoms with E-state index in [9.17, 15) is 0 Å². The molecule has 8 aromatic carbocycles. The van der Waals surface area contributed by atoms with Gasteiger partial charge >= 0.3 is 0 Å². The monoisotopic (exact) mass is 728 g/mol. The standard InChI is InChI=1S/C53H36N4/c54-48(38-18-6-2-7-19-38)34-47(36-16-4-1-5-17-36)43-27-15-22-37-30-31-41(33-46(37)43)53-55-49(39-20-8-3-9-21-39)35-50(56-53)40-23-14-24-42(32-40)57-51-28-12-10-25-44(51)45-26-11-13-29-52(45)57/h1-35,54H/b47-34-,54-48?. The molecular weight excluding hydrogens is 693 g/mol. The van der Waals surface area contributed by atoms with Crippen LogP contribution in [0.25, 0.3) is 77.7 Å². The van der Waals surface area contributed by atoms with Gasteiger partial charge in [0.05, 0.1) is 28.1 Å². The van der Waals surface area contributed by atoms with Gasteiger partial charge in [0.1, 0.15) is 0 Å². The number of nitrogens with one attached hydrogen (secondary N) is 1. The lowest BCUT2D eigenvalue weighted by molar-refractivity contribution is 1.16. The number of nitrogens with zero attached hydrogens (tertiary/aromatic N) is 3. The molecule has 4 heteroatoms. The summed E-state index contributed by atoms with van der Waals surface area (Å²) in [6.07, 6.45) is 1.99. The van der Waals surface area contributed by atoms with Crippen LogP contribution in [0.5, 0.6) is 0 Å². The fraction of sp³-hybridized carbons (Fsp3) is 0. The van der Waals surface area contributed by atoms with E-state index in [1.807, 2.05) is 72.8 Å². The lowest BCUT2D eigenvalue weighted by Gasteiger charge is -2.15. The molecule has 0 aliphatic heterocycles. The molecule has 0 aliphatic rings. The van der Waals surface area contributed by atoms with Crippen molar-refractivity contribution in [1.29, 1.82) is 5.41 Å². The average molecular weight is 729 g/mol. The number of rotatable bonds is 8. The molecule has 2 aromatic heterocycles. The van der Waals surface area contributed by atoms with Crippen molar-refractivity contribution in [2.45, 2.75) is 0 Å². The zero-order valence-electron chi connectivity index (χ0n) is 31.0. The van der Waals surface area contributed by atoms with Crippen LogP contribution in [0.15, 0.2) is 212 Å². The number of hydrogen-bond acceptors (Lipinski definition) is 3. The van der Waals surface area contributed by atoms with Crippen LogP contribution < -0.4 is 0 Å². The van der Waals surface area contributed by atoms with Gasteiger partial charge in [0, 0.05) is 33.2 Å². The summed E-state index contributed by atoms with van der Waals surface area (Å²) in [6.45, 7) is 0. The molecule has 0 bridgehead atoms. The Balaban J connectivity index is 1.14. The molecule has 0 saturated carbocycles. The van der Waals surface area contributed by atoms with Crippen molar-refractivity contribution in [1.82, 2.24) is 14.5 Å². The minimum absolute atomic E-state index is 0.453. The van der Waals surface area contributed by atoms with Gasteiger partial charge in [0.25, 0.3) is 0 Å². The highest BCUT2D eigenvalue weighted by Gasteiger charge is 2.17. The van der Waals surface area contributed by atoms with Gasteiger partial charge in [0.2, 0.25) is 0 Å². The van der Waals surface area contributed by atoms with Crippen LogP contribution in [0.2, 0.25) is 0 Å². The minimum Gasteiger partial charge on any atom is -0.309 e. The second kappa shape index (κ2) is 14.5. The highest BCUT2D eigenvalue weighted by molar-refractivity contribution is 6.14. The van der Waals surface area contributed by atoms with E-state index in [1.165, 1.54) is 21.8 Å². The van der Waals surface area contributed by atoms with Crippen molar-refractivity contribution in [2.75, 3.05) is 0 Å². The van der Waals surface area contributed by atoms with Crippen LogP contribution in [0.3, 0.4) is 0 Å². The first-order valence-electron chi connectivity index (χ1n) is 19.2. The van der Waals surface area contributed by atoms with Gasteiger partial charge in [-0.2, -0.15) is 0 Å². The average Bonchev–Trinajstić information content (AvgIpc) is 3.63. The molecule has 0 atom stereocenters. The second-order valence-electron chi connectivity index (χ2n) is 14.2. The highest BCUT2D eigenvalue weighted by Crippen LogP contribution is 2.36. The molecule has 0 spiro atoms. The number of benzene rings is 8. The Kier molecular flexibility index (Phi) is 8.62. The summed E-state index contributed by atoms with van der Waals surface area (Å²) in [5.74, 6) is 0.646. The molecule has 57 heavy (non-hydrogen) atoms. The molecule has 268 valence electrons. The van der Waals surface area contributed by atoms with E-state index < -0.39 is 0 Å². The lowest BCUT2D eigenvalue weighted by atomic mass is 9.90. The number of hydrogen-bond donors (Lipinski definition) is 1. The molecule has 0 aliphatic carbocycles. The third-order valence-electron chi connectivity index (χ3n) is 10.7. The van der Waals surface area contributed by atoms with E-state index in [2.05, 4.69) is 144 Å². The largest absolute Gasteiger partial charge is 0.309 e. The maximum Gasteiger partial charge on any atom is 0.160 e. The molecule has 4 nitrogen and oxygen atoms in total. The molecule has 0 saturated heterocycles. The van der Waals surface area contributed by atoms with Gasteiger partial charge in [-0.1, -0.05) is 170 Å². The maximum atomic E-state index is 9.10. The molecule has 10 aromatic rings. The third kappa shape index (κ3) is 6.39. The SMILES string of the molecule is N=C(/C=C(/c1ccccc1)c1cccc2ccc(-c3nc(-c4ccccc4)cc(-c4cccc(-n5c6ccccc6c6ccccc65)c4)n3)cc12)c1ccccc1. The molecular formula is C53H36N4. The van der Waals surface area contributed by atoms with Gasteiger partial charge in [-0.25, -0.2) is 9.97 Å². The van der Waals surface area contributed by atoms with Crippen LogP contribution in [-0.4, -0.2) is 20.2 Å². The Morgan fingerprint density at radius 3 is 1.72 bits per heavy atom. The van der Waals surface area contributed by atoms with Crippen molar-refractivity contribution in [3.05, 3.63) is 229 Å². The molecule has 1 N–H and O–H groups in total. The van der Waals surface area contributed by atoms with Crippen LogP contribution in [0.4, 0.5) is 0 Å². The summed E-state index contributed by atoms with van der Waals surface area (Å²) in [7, 11) is 0. The summed E-state index contributed by atoms with van der Waals surface area (Å²) < 4.78 is 2.34. The first-order valence-corrected chi connectivity index (χ1v) is 19.2. The number of para-hydroxylation sites is 2. The zero-order valence-corrected chi connectivity index (χ0v) is 31.0. The molecule has 0 amide bonds. The van der Waals surface area contributed by atoms with Crippen LogP contribution in [-0.2, 0) is 0 Å². The maximum absolute atomic E-state index is 9.10. The normalized spacial score (nSPS) is 11.7. The Morgan fingerprint density at radius 1 is 0.439 bits per heavy atom. The Bertz CT molecular complexity index is 3070. The quantitative estimate of drug-likeness (QED) is 0.158. The van der Waals surface area contributed by atoms with E-state index >= 15 is 0 Å². The lowest BCUT2D eigenvalue weighted by Crippen LogP contribution is -1.99. The third-order valence-corrected chi connectivity index (χ3v) is 10.7. The Hall–Kier alpha value is -7.69. The minimum atomic E-state index is 0.453. The summed E-state index contributed by atoms with van der Waals surface area (Å²) in [5.41, 5.74) is 12.4. The smallest absolute Gasteiger partial charge is 0.160 e. The molecule has 10 rings (SSSR count). The van der Waals surface area contributed by atoms with E-state index in [-0.39, 0.29) is 0 Å². The first kappa shape index (κ1) is 33.8. The summed E-state index contributed by atoms with van der Waals surface area (Å²) in [6, 6.07) is 71.4. The second-order valence-corrected chi connectivity index (χ2v) is 14.2. The first-order chi connectivity index (χ1) is 28.2. The van der Waals surface area contributed by atoms with Gasteiger partial charge in [-0.15, -0.1) is 0 Å². The van der Waals surface area contributed by atoms with Crippen molar-refractivity contribution in [3.63, 3.8) is 0 Å². The van der Waals surface area contributed by atoms with Gasteiger partial charge in [-0.3, -0.25) is 0 Å². The highest BCUT2D eigenvalue weighted by atomic mass is 15.0. The topological polar surface area (TPSA) is 54.6 Å². The summed E-state index contributed by atoms with van der Waals surface area (Å²) in [4.78, 5) is 10.5. The van der Waals surface area contributed by atoms with Crippen LogP contribution >= 0.6 is 0 Å². The van der Waals surface area contributed by atoms with E-state index in [4.69, 9.17) is 15.4 Å². The Morgan fingerprint density at radius 2 is 1.02 bits per heavy atom. The summed E-state index contributed by atoms with van der Waals surface area (Å²) >= 11 is 0. The van der Waals surface area contributed by atoms with Crippen LogP contribution in [0, 0.1) is 5.41 Å².